The van der Waals surface area contributed by atoms with Gasteiger partial charge in [0.05, 0.1) is 6.61 Å². The molecule has 0 aromatic carbocycles. The third-order valence-electron chi connectivity index (χ3n) is 3.21. The van der Waals surface area contributed by atoms with E-state index < -0.39 is 10.0 Å². The van der Waals surface area contributed by atoms with E-state index in [1.807, 2.05) is 0 Å². The molecule has 1 aliphatic heterocycles. The maximum absolute atomic E-state index is 12.4. The van der Waals surface area contributed by atoms with Crippen LogP contribution in [0.25, 0.3) is 0 Å². The van der Waals surface area contributed by atoms with Crippen LogP contribution in [-0.4, -0.2) is 44.5 Å². The summed E-state index contributed by atoms with van der Waals surface area (Å²) in [5.41, 5.74) is 0.805. The molecule has 0 amide bonds. The maximum Gasteiger partial charge on any atom is 0.260 e. The van der Waals surface area contributed by atoms with Crippen molar-refractivity contribution in [3.05, 3.63) is 23.9 Å². The number of pyridine rings is 1. The van der Waals surface area contributed by atoms with Gasteiger partial charge in [0.25, 0.3) is 10.0 Å². The minimum Gasteiger partial charge on any atom is -0.384 e. The van der Waals surface area contributed by atoms with Crippen LogP contribution in [0.3, 0.4) is 0 Å². The monoisotopic (exact) mass is 304 g/mol. The van der Waals surface area contributed by atoms with Crippen LogP contribution in [0.4, 0.5) is 0 Å². The molecule has 106 valence electrons. The molecule has 7 heteroatoms. The third kappa shape index (κ3) is 3.25. The van der Waals surface area contributed by atoms with Crippen molar-refractivity contribution in [1.29, 1.82) is 0 Å². The fourth-order valence-electron chi connectivity index (χ4n) is 2.16. The van der Waals surface area contributed by atoms with Gasteiger partial charge in [0, 0.05) is 32.3 Å². The van der Waals surface area contributed by atoms with Crippen LogP contribution < -0.4 is 0 Å². The standard InChI is InChI=1S/C12H17ClN2O3S/c1-18-9-11-4-5-15(8-11)19(16,17)12-3-2-10(6-13)7-14-12/h2-3,7,11H,4-6,8-9H2,1H3. The molecule has 1 fully saturated rings. The summed E-state index contributed by atoms with van der Waals surface area (Å²) in [6.45, 7) is 1.61. The number of hydrogen-bond donors (Lipinski definition) is 0. The van der Waals surface area contributed by atoms with Gasteiger partial charge in [0.15, 0.2) is 5.03 Å². The molecule has 1 aromatic heterocycles. The van der Waals surface area contributed by atoms with Gasteiger partial charge in [-0.25, -0.2) is 13.4 Å². The highest BCUT2D eigenvalue weighted by atomic mass is 35.5. The molecule has 1 aromatic rings. The molecule has 2 heterocycles. The van der Waals surface area contributed by atoms with Crippen molar-refractivity contribution in [2.24, 2.45) is 5.92 Å². The number of nitrogens with zero attached hydrogens (tertiary/aromatic N) is 2. The molecule has 2 rings (SSSR count). The zero-order chi connectivity index (χ0) is 13.9. The molecule has 1 unspecified atom stereocenters. The number of alkyl halides is 1. The molecule has 0 bridgehead atoms. The second kappa shape index (κ2) is 6.17. The highest BCUT2D eigenvalue weighted by molar-refractivity contribution is 7.89. The van der Waals surface area contributed by atoms with E-state index in [-0.39, 0.29) is 10.9 Å². The van der Waals surface area contributed by atoms with Crippen molar-refractivity contribution in [3.8, 4) is 0 Å². The normalized spacial score (nSPS) is 20.8. The summed E-state index contributed by atoms with van der Waals surface area (Å²) in [6.07, 6.45) is 2.33. The fourth-order valence-corrected chi connectivity index (χ4v) is 3.76. The second-order valence-corrected chi connectivity index (χ2v) is 6.76. The van der Waals surface area contributed by atoms with Gasteiger partial charge in [0.2, 0.25) is 0 Å². The molecular formula is C12H17ClN2O3S. The highest BCUT2D eigenvalue weighted by Gasteiger charge is 2.33. The van der Waals surface area contributed by atoms with Gasteiger partial charge in [-0.2, -0.15) is 4.31 Å². The van der Waals surface area contributed by atoms with E-state index in [4.69, 9.17) is 16.3 Å². The number of methoxy groups -OCH3 is 1. The number of rotatable bonds is 5. The minimum absolute atomic E-state index is 0.0828. The Morgan fingerprint density at radius 3 is 2.89 bits per heavy atom. The molecule has 1 saturated heterocycles. The topological polar surface area (TPSA) is 59.5 Å². The Bertz CT molecular complexity index is 518. The van der Waals surface area contributed by atoms with Gasteiger partial charge >= 0.3 is 0 Å². The van der Waals surface area contributed by atoms with E-state index >= 15 is 0 Å². The molecule has 0 saturated carbocycles. The van der Waals surface area contributed by atoms with E-state index in [1.54, 1.807) is 13.2 Å². The second-order valence-electron chi connectivity index (χ2n) is 4.61. The molecule has 5 nitrogen and oxygen atoms in total. The summed E-state index contributed by atoms with van der Waals surface area (Å²) in [5, 5.41) is 0.0828. The Morgan fingerprint density at radius 1 is 1.53 bits per heavy atom. The first-order valence-electron chi connectivity index (χ1n) is 6.08. The summed E-state index contributed by atoms with van der Waals surface area (Å²) in [6, 6.07) is 3.20. The van der Waals surface area contributed by atoms with Crippen LogP contribution in [-0.2, 0) is 20.6 Å². The van der Waals surface area contributed by atoms with Gasteiger partial charge in [-0.3, -0.25) is 0 Å². The lowest BCUT2D eigenvalue weighted by Crippen LogP contribution is -2.30. The first-order chi connectivity index (χ1) is 9.07. The van der Waals surface area contributed by atoms with E-state index in [0.717, 1.165) is 12.0 Å². The summed E-state index contributed by atoms with van der Waals surface area (Å²) in [5.74, 6) is 0.592. The highest BCUT2D eigenvalue weighted by Crippen LogP contribution is 2.23. The summed E-state index contributed by atoms with van der Waals surface area (Å²) >= 11 is 5.66. The van der Waals surface area contributed by atoms with Crippen LogP contribution in [0.15, 0.2) is 23.4 Å². The predicted molar refractivity (Wildman–Crippen MR) is 72.5 cm³/mol. The van der Waals surface area contributed by atoms with Gasteiger partial charge in [-0.15, -0.1) is 11.6 Å². The van der Waals surface area contributed by atoms with Gasteiger partial charge in [-0.1, -0.05) is 6.07 Å². The molecule has 0 aliphatic carbocycles. The number of sulfonamides is 1. The molecular weight excluding hydrogens is 288 g/mol. The first-order valence-corrected chi connectivity index (χ1v) is 8.05. The lowest BCUT2D eigenvalue weighted by Gasteiger charge is -2.15. The van der Waals surface area contributed by atoms with Crippen LogP contribution in [0.1, 0.15) is 12.0 Å². The average molecular weight is 305 g/mol. The molecule has 0 spiro atoms. The average Bonchev–Trinajstić information content (AvgIpc) is 2.89. The van der Waals surface area contributed by atoms with Gasteiger partial charge in [-0.05, 0) is 24.0 Å². The zero-order valence-corrected chi connectivity index (χ0v) is 12.3. The third-order valence-corrected chi connectivity index (χ3v) is 5.30. The lowest BCUT2D eigenvalue weighted by molar-refractivity contribution is 0.157. The van der Waals surface area contributed by atoms with Crippen LogP contribution in [0.5, 0.6) is 0 Å². The van der Waals surface area contributed by atoms with E-state index in [2.05, 4.69) is 4.98 Å². The van der Waals surface area contributed by atoms with E-state index in [9.17, 15) is 8.42 Å². The Hall–Kier alpha value is -0.690. The van der Waals surface area contributed by atoms with Crippen LogP contribution in [0, 0.1) is 5.92 Å². The zero-order valence-electron chi connectivity index (χ0n) is 10.8. The Kier molecular flexibility index (Phi) is 4.78. The Labute approximate surface area is 118 Å². The number of ether oxygens (including phenoxy) is 1. The fraction of sp³-hybridized carbons (Fsp3) is 0.583. The van der Waals surface area contributed by atoms with Crippen molar-refractivity contribution in [3.63, 3.8) is 0 Å². The molecule has 0 N–H and O–H groups in total. The Balaban J connectivity index is 2.13. The summed E-state index contributed by atoms with van der Waals surface area (Å²) in [4.78, 5) is 3.99. The van der Waals surface area contributed by atoms with Crippen LogP contribution >= 0.6 is 11.6 Å². The smallest absolute Gasteiger partial charge is 0.260 e. The molecule has 0 radical (unpaired) electrons. The SMILES string of the molecule is COCC1CCN(S(=O)(=O)c2ccc(CCl)cn2)C1. The molecule has 19 heavy (non-hydrogen) atoms. The predicted octanol–water partition coefficient (Wildman–Crippen LogP) is 1.48. The molecule has 1 aliphatic rings. The van der Waals surface area contributed by atoms with Crippen molar-refractivity contribution in [2.75, 3.05) is 26.8 Å². The van der Waals surface area contributed by atoms with E-state index in [1.165, 1.54) is 16.6 Å². The van der Waals surface area contributed by atoms with Crippen molar-refractivity contribution in [2.45, 2.75) is 17.3 Å². The summed E-state index contributed by atoms with van der Waals surface area (Å²) < 4.78 is 31.3. The number of halogens is 1. The van der Waals surface area contributed by atoms with Gasteiger partial charge < -0.3 is 4.74 Å². The maximum atomic E-state index is 12.4. The van der Waals surface area contributed by atoms with Crippen molar-refractivity contribution in [1.82, 2.24) is 9.29 Å². The largest absolute Gasteiger partial charge is 0.384 e. The van der Waals surface area contributed by atoms with Crippen molar-refractivity contribution < 1.29 is 13.2 Å². The quantitative estimate of drug-likeness (QED) is 0.773. The summed E-state index contributed by atoms with van der Waals surface area (Å²) in [7, 11) is -1.86. The number of aromatic nitrogens is 1. The Morgan fingerprint density at radius 2 is 2.32 bits per heavy atom. The first kappa shape index (κ1) is 14.7. The van der Waals surface area contributed by atoms with E-state index in [0.29, 0.717) is 25.6 Å². The molecule has 1 atom stereocenters. The number of hydrogen-bond acceptors (Lipinski definition) is 4. The minimum atomic E-state index is -3.49. The van der Waals surface area contributed by atoms with Crippen molar-refractivity contribution >= 4 is 21.6 Å². The van der Waals surface area contributed by atoms with Crippen LogP contribution in [0.2, 0.25) is 0 Å². The van der Waals surface area contributed by atoms with Gasteiger partial charge in [0.1, 0.15) is 0 Å². The lowest BCUT2D eigenvalue weighted by atomic mass is 10.1.